The summed E-state index contributed by atoms with van der Waals surface area (Å²) in [6, 6.07) is 9.96. The molecule has 1 aliphatic carbocycles. The molecule has 0 spiro atoms. The van der Waals surface area contributed by atoms with Crippen LogP contribution in [0.3, 0.4) is 0 Å². The summed E-state index contributed by atoms with van der Waals surface area (Å²) < 4.78 is 41.0. The topological polar surface area (TPSA) is 9.23 Å². The van der Waals surface area contributed by atoms with Crippen LogP contribution in [0.2, 0.25) is 0 Å². The van der Waals surface area contributed by atoms with Crippen molar-refractivity contribution in [2.24, 2.45) is 0 Å². The van der Waals surface area contributed by atoms with Gasteiger partial charge in [0.25, 0.3) is 0 Å². The summed E-state index contributed by atoms with van der Waals surface area (Å²) in [5.41, 5.74) is 3.40. The predicted octanol–water partition coefficient (Wildman–Crippen LogP) is 4.80. The molecule has 0 amide bonds. The van der Waals surface area contributed by atoms with E-state index in [0.29, 0.717) is 0 Å². The molecule has 0 saturated carbocycles. The summed E-state index contributed by atoms with van der Waals surface area (Å²) in [6.45, 7) is -1.42. The van der Waals surface area contributed by atoms with Gasteiger partial charge in [0.05, 0.1) is 12.0 Å². The first kappa shape index (κ1) is 14.7. The van der Waals surface area contributed by atoms with Gasteiger partial charge in [-0.2, -0.15) is 13.2 Å². The van der Waals surface area contributed by atoms with Gasteiger partial charge < -0.3 is 4.74 Å². The highest BCUT2D eigenvalue weighted by atomic mass is 35.5. The Bertz CT molecular complexity index is 656. The average Bonchev–Trinajstić information content (AvgIpc) is 2.83. The zero-order valence-electron chi connectivity index (χ0n) is 11.2. The molecule has 1 atom stereocenters. The fraction of sp³-hybridized carbons (Fsp3) is 0.375. The molecule has 0 bridgehead atoms. The van der Waals surface area contributed by atoms with E-state index in [1.54, 1.807) is 0 Å². The maximum atomic E-state index is 12.1. The maximum Gasteiger partial charge on any atom is 0.411 e. The Balaban J connectivity index is 1.84. The van der Waals surface area contributed by atoms with Crippen LogP contribution in [0.15, 0.2) is 30.3 Å². The number of alkyl halides is 4. The zero-order chi connectivity index (χ0) is 15.0. The minimum Gasteiger partial charge on any atom is -0.370 e. The molecule has 0 fully saturated rings. The predicted molar refractivity (Wildman–Crippen MR) is 76.8 cm³/mol. The van der Waals surface area contributed by atoms with E-state index in [1.807, 2.05) is 24.3 Å². The first-order chi connectivity index (χ1) is 9.96. The van der Waals surface area contributed by atoms with Crippen molar-refractivity contribution in [3.63, 3.8) is 0 Å². The lowest BCUT2D eigenvalue weighted by Crippen LogP contribution is -2.18. The monoisotopic (exact) mass is 314 g/mol. The van der Waals surface area contributed by atoms with Gasteiger partial charge in [0, 0.05) is 0 Å². The molecule has 0 N–H and O–H groups in total. The molecule has 0 saturated heterocycles. The van der Waals surface area contributed by atoms with E-state index in [4.69, 9.17) is 11.6 Å². The molecular formula is C16H14ClF3O. The highest BCUT2D eigenvalue weighted by Gasteiger charge is 2.28. The van der Waals surface area contributed by atoms with Crippen molar-refractivity contribution in [3.8, 4) is 0 Å². The number of ether oxygens (including phenoxy) is 1. The van der Waals surface area contributed by atoms with Gasteiger partial charge in [0.1, 0.15) is 6.61 Å². The molecule has 2 aromatic rings. The van der Waals surface area contributed by atoms with E-state index in [1.165, 1.54) is 16.5 Å². The molecule has 0 heterocycles. The first-order valence-corrected chi connectivity index (χ1v) is 7.21. The van der Waals surface area contributed by atoms with Gasteiger partial charge in [0.2, 0.25) is 0 Å². The van der Waals surface area contributed by atoms with Gasteiger partial charge in [-0.25, -0.2) is 0 Å². The third-order valence-corrected chi connectivity index (χ3v) is 4.14. The summed E-state index contributed by atoms with van der Waals surface area (Å²) in [4.78, 5) is 0. The molecule has 1 unspecified atom stereocenters. The Hall–Kier alpha value is -1.26. The number of rotatable bonds is 4. The minimum atomic E-state index is -4.32. The van der Waals surface area contributed by atoms with Crippen LogP contribution in [0.4, 0.5) is 13.2 Å². The third kappa shape index (κ3) is 3.01. The van der Waals surface area contributed by atoms with Gasteiger partial charge >= 0.3 is 6.18 Å². The van der Waals surface area contributed by atoms with Crippen LogP contribution in [0.1, 0.15) is 22.1 Å². The summed E-state index contributed by atoms with van der Waals surface area (Å²) in [5.74, 6) is 0. The molecule has 0 aromatic heterocycles. The lowest BCUT2D eigenvalue weighted by Gasteiger charge is -2.15. The Morgan fingerprint density at radius 2 is 1.81 bits per heavy atom. The van der Waals surface area contributed by atoms with E-state index in [-0.39, 0.29) is 6.61 Å². The van der Waals surface area contributed by atoms with E-state index in [2.05, 4.69) is 10.8 Å². The largest absolute Gasteiger partial charge is 0.411 e. The van der Waals surface area contributed by atoms with Crippen LogP contribution in [0.25, 0.3) is 10.8 Å². The fourth-order valence-corrected chi connectivity index (χ4v) is 3.19. The van der Waals surface area contributed by atoms with Crippen LogP contribution in [0, 0.1) is 0 Å². The normalized spacial score (nSPS) is 15.6. The van der Waals surface area contributed by atoms with Crippen molar-refractivity contribution in [2.45, 2.75) is 24.4 Å². The lowest BCUT2D eigenvalue weighted by atomic mass is 9.98. The molecule has 1 nitrogen and oxygen atoms in total. The maximum absolute atomic E-state index is 12.1. The van der Waals surface area contributed by atoms with E-state index in [0.717, 1.165) is 23.8 Å². The smallest absolute Gasteiger partial charge is 0.370 e. The van der Waals surface area contributed by atoms with Crippen molar-refractivity contribution < 1.29 is 17.9 Å². The summed E-state index contributed by atoms with van der Waals surface area (Å²) >= 11 is 6.25. The second kappa shape index (κ2) is 5.50. The van der Waals surface area contributed by atoms with Crippen LogP contribution in [0.5, 0.6) is 0 Å². The van der Waals surface area contributed by atoms with Crippen LogP contribution < -0.4 is 0 Å². The molecule has 112 valence electrons. The summed E-state index contributed by atoms with van der Waals surface area (Å²) in [5, 5.41) is 1.65. The Morgan fingerprint density at radius 1 is 1.10 bits per heavy atom. The Labute approximate surface area is 125 Å². The molecule has 0 aliphatic heterocycles. The molecule has 1 aliphatic rings. The second-order valence-electron chi connectivity index (χ2n) is 5.25. The molecule has 3 rings (SSSR count). The molecule has 21 heavy (non-hydrogen) atoms. The number of hydrogen-bond donors (Lipinski definition) is 0. The van der Waals surface area contributed by atoms with Crippen molar-refractivity contribution in [1.29, 1.82) is 0 Å². The van der Waals surface area contributed by atoms with Gasteiger partial charge in [-0.1, -0.05) is 30.3 Å². The SMILES string of the molecule is FC(F)(F)COCC(Cl)c1ccc2c3c(cccc13)CC2. The van der Waals surface area contributed by atoms with Gasteiger partial charge in [-0.15, -0.1) is 11.6 Å². The van der Waals surface area contributed by atoms with E-state index < -0.39 is 18.2 Å². The fourth-order valence-electron chi connectivity index (χ4n) is 2.91. The molecule has 0 radical (unpaired) electrons. The molecular weight excluding hydrogens is 301 g/mol. The van der Waals surface area contributed by atoms with Crippen LogP contribution in [-0.2, 0) is 17.6 Å². The van der Waals surface area contributed by atoms with E-state index >= 15 is 0 Å². The zero-order valence-corrected chi connectivity index (χ0v) is 12.0. The lowest BCUT2D eigenvalue weighted by molar-refractivity contribution is -0.173. The van der Waals surface area contributed by atoms with Crippen molar-refractivity contribution in [2.75, 3.05) is 13.2 Å². The number of halogens is 4. The highest BCUT2D eigenvalue weighted by Crippen LogP contribution is 2.36. The Kier molecular flexibility index (Phi) is 3.84. The van der Waals surface area contributed by atoms with E-state index in [9.17, 15) is 13.2 Å². The number of aryl methyl sites for hydroxylation is 2. The third-order valence-electron chi connectivity index (χ3n) is 3.78. The molecule has 5 heteroatoms. The summed E-state index contributed by atoms with van der Waals surface area (Å²) in [6.07, 6.45) is -2.31. The first-order valence-electron chi connectivity index (χ1n) is 6.77. The van der Waals surface area contributed by atoms with Gasteiger partial charge in [-0.05, 0) is 40.3 Å². The second-order valence-corrected chi connectivity index (χ2v) is 5.78. The van der Waals surface area contributed by atoms with Gasteiger partial charge in [0.15, 0.2) is 0 Å². The molecule has 2 aromatic carbocycles. The number of benzene rings is 2. The van der Waals surface area contributed by atoms with Crippen molar-refractivity contribution >= 4 is 22.4 Å². The van der Waals surface area contributed by atoms with Crippen molar-refractivity contribution in [3.05, 3.63) is 47.0 Å². The Morgan fingerprint density at radius 3 is 2.52 bits per heavy atom. The van der Waals surface area contributed by atoms with Crippen LogP contribution in [-0.4, -0.2) is 19.4 Å². The average molecular weight is 315 g/mol. The van der Waals surface area contributed by atoms with Crippen molar-refractivity contribution in [1.82, 2.24) is 0 Å². The summed E-state index contributed by atoms with van der Waals surface area (Å²) in [7, 11) is 0. The van der Waals surface area contributed by atoms with Crippen LogP contribution >= 0.6 is 11.6 Å². The van der Waals surface area contributed by atoms with Gasteiger partial charge in [-0.3, -0.25) is 0 Å². The standard InChI is InChI=1S/C16H14ClF3O/c17-14(8-21-9-16(18,19)20)12-7-6-11-5-4-10-2-1-3-13(12)15(10)11/h1-3,6-7,14H,4-5,8-9H2. The number of hydrogen-bond acceptors (Lipinski definition) is 1. The highest BCUT2D eigenvalue weighted by molar-refractivity contribution is 6.22. The quantitative estimate of drug-likeness (QED) is 0.737. The minimum absolute atomic E-state index is 0.153.